The monoisotopic (exact) mass is 517 g/mol. The number of anilines is 1. The van der Waals surface area contributed by atoms with E-state index in [1.54, 1.807) is 24.1 Å². The third-order valence-electron chi connectivity index (χ3n) is 5.75. The van der Waals surface area contributed by atoms with Crippen LogP contribution >= 0.6 is 0 Å². The molecule has 8 nitrogen and oxygen atoms in total. The highest BCUT2D eigenvalue weighted by atomic mass is 32.2. The molecule has 0 bridgehead atoms. The second-order valence-electron chi connectivity index (χ2n) is 9.24. The van der Waals surface area contributed by atoms with Crippen molar-refractivity contribution in [1.29, 1.82) is 0 Å². The van der Waals surface area contributed by atoms with Crippen molar-refractivity contribution < 1.29 is 22.7 Å². The van der Waals surface area contributed by atoms with E-state index in [0.29, 0.717) is 24.3 Å². The number of carbonyl (C=O) groups excluding carboxylic acids is 2. The van der Waals surface area contributed by atoms with Gasteiger partial charge in [0.05, 0.1) is 19.1 Å². The van der Waals surface area contributed by atoms with E-state index in [9.17, 15) is 18.0 Å². The molecule has 0 saturated carbocycles. The van der Waals surface area contributed by atoms with Gasteiger partial charge >= 0.3 is 0 Å². The highest BCUT2D eigenvalue weighted by Crippen LogP contribution is 2.21. The van der Waals surface area contributed by atoms with Crippen molar-refractivity contribution in [3.05, 3.63) is 59.7 Å². The summed E-state index contributed by atoms with van der Waals surface area (Å²) < 4.78 is 31.6. The summed E-state index contributed by atoms with van der Waals surface area (Å²) in [5.41, 5.74) is 2.36. The van der Waals surface area contributed by atoms with E-state index in [-0.39, 0.29) is 37.4 Å². The molecule has 0 aliphatic heterocycles. The molecule has 198 valence electrons. The molecule has 0 radical (unpaired) electrons. The van der Waals surface area contributed by atoms with Gasteiger partial charge in [-0.25, -0.2) is 8.42 Å². The number of carbonyl (C=O) groups is 2. The van der Waals surface area contributed by atoms with Crippen LogP contribution in [0, 0.1) is 6.92 Å². The minimum absolute atomic E-state index is 0.0574. The van der Waals surface area contributed by atoms with Crippen LogP contribution < -0.4 is 14.4 Å². The standard InChI is InChI=1S/C27H39N3O5S/c1-7-25(27(32)28-20(2)3)29(19-22-12-9-14-24(18-22)35-5)26(31)15-10-16-30(36(6,33)34)23-13-8-11-21(4)17-23/h8-9,11-14,17-18,20,25H,7,10,15-16,19H2,1-6H3,(H,28,32). The number of amides is 2. The lowest BCUT2D eigenvalue weighted by molar-refractivity contribution is -0.141. The van der Waals surface area contributed by atoms with Crippen molar-refractivity contribution in [2.24, 2.45) is 0 Å². The minimum atomic E-state index is -3.53. The zero-order chi connectivity index (χ0) is 26.9. The first-order valence-electron chi connectivity index (χ1n) is 12.2. The molecular formula is C27H39N3O5S. The Hall–Kier alpha value is -3.07. The van der Waals surface area contributed by atoms with E-state index >= 15 is 0 Å². The van der Waals surface area contributed by atoms with Crippen molar-refractivity contribution in [3.63, 3.8) is 0 Å². The van der Waals surface area contributed by atoms with E-state index in [2.05, 4.69) is 5.32 Å². The topological polar surface area (TPSA) is 96.0 Å². The Morgan fingerprint density at radius 3 is 2.36 bits per heavy atom. The fourth-order valence-electron chi connectivity index (χ4n) is 4.05. The SMILES string of the molecule is CCC(C(=O)NC(C)C)N(Cc1cccc(OC)c1)C(=O)CCCN(c1cccc(C)c1)S(C)(=O)=O. The van der Waals surface area contributed by atoms with Crippen LogP contribution in [0.15, 0.2) is 48.5 Å². The van der Waals surface area contributed by atoms with Crippen LogP contribution in [0.2, 0.25) is 0 Å². The third-order valence-corrected chi connectivity index (χ3v) is 6.94. The molecule has 0 saturated heterocycles. The Morgan fingerprint density at radius 1 is 1.08 bits per heavy atom. The van der Waals surface area contributed by atoms with Crippen LogP contribution in [0.1, 0.15) is 51.2 Å². The van der Waals surface area contributed by atoms with Gasteiger partial charge in [-0.1, -0.05) is 31.2 Å². The fraction of sp³-hybridized carbons (Fsp3) is 0.481. The highest BCUT2D eigenvalue weighted by molar-refractivity contribution is 7.92. The van der Waals surface area contributed by atoms with Crippen molar-refractivity contribution in [3.8, 4) is 5.75 Å². The predicted octanol–water partition coefficient (Wildman–Crippen LogP) is 3.88. The largest absolute Gasteiger partial charge is 0.497 e. The zero-order valence-corrected chi connectivity index (χ0v) is 23.0. The number of methoxy groups -OCH3 is 1. The molecule has 0 fully saturated rings. The maximum atomic E-state index is 13.5. The summed E-state index contributed by atoms with van der Waals surface area (Å²) in [5.74, 6) is 0.254. The summed E-state index contributed by atoms with van der Waals surface area (Å²) in [6.07, 6.45) is 2.03. The van der Waals surface area contributed by atoms with Gasteiger partial charge in [0.2, 0.25) is 21.8 Å². The number of aryl methyl sites for hydroxylation is 1. The number of nitrogens with zero attached hydrogens (tertiary/aromatic N) is 2. The van der Waals surface area contributed by atoms with Crippen molar-refractivity contribution in [1.82, 2.24) is 10.2 Å². The summed E-state index contributed by atoms with van der Waals surface area (Å²) in [6, 6.07) is 14.0. The number of nitrogens with one attached hydrogen (secondary N) is 1. The molecule has 1 N–H and O–H groups in total. The smallest absolute Gasteiger partial charge is 0.243 e. The van der Waals surface area contributed by atoms with Gasteiger partial charge in [0, 0.05) is 25.6 Å². The van der Waals surface area contributed by atoms with Gasteiger partial charge in [-0.05, 0) is 69.0 Å². The molecule has 1 atom stereocenters. The summed E-state index contributed by atoms with van der Waals surface area (Å²) in [7, 11) is -1.95. The Labute approximate surface area is 215 Å². The molecule has 36 heavy (non-hydrogen) atoms. The van der Waals surface area contributed by atoms with Crippen LogP contribution in [0.25, 0.3) is 0 Å². The number of rotatable bonds is 13. The molecule has 0 aromatic heterocycles. The first-order chi connectivity index (χ1) is 17.0. The first-order valence-corrected chi connectivity index (χ1v) is 14.1. The van der Waals surface area contributed by atoms with Gasteiger partial charge in [0.15, 0.2) is 0 Å². The Morgan fingerprint density at radius 2 is 1.78 bits per heavy atom. The summed E-state index contributed by atoms with van der Waals surface area (Å²) in [4.78, 5) is 28.0. The van der Waals surface area contributed by atoms with Gasteiger partial charge in [-0.3, -0.25) is 13.9 Å². The molecule has 0 spiro atoms. The Bertz CT molecular complexity index is 1130. The molecule has 9 heteroatoms. The van der Waals surface area contributed by atoms with E-state index in [0.717, 1.165) is 17.4 Å². The van der Waals surface area contributed by atoms with Crippen LogP contribution in [0.5, 0.6) is 5.75 Å². The molecule has 0 heterocycles. The normalized spacial score (nSPS) is 12.2. The van der Waals surface area contributed by atoms with E-state index in [1.165, 1.54) is 4.31 Å². The van der Waals surface area contributed by atoms with Gasteiger partial charge in [-0.15, -0.1) is 0 Å². The number of ether oxygens (including phenoxy) is 1. The highest BCUT2D eigenvalue weighted by Gasteiger charge is 2.29. The summed E-state index contributed by atoms with van der Waals surface area (Å²) in [5, 5.41) is 2.91. The Balaban J connectivity index is 2.24. The second-order valence-corrected chi connectivity index (χ2v) is 11.1. The summed E-state index contributed by atoms with van der Waals surface area (Å²) >= 11 is 0. The van der Waals surface area contributed by atoms with Crippen LogP contribution in [0.4, 0.5) is 5.69 Å². The average molecular weight is 518 g/mol. The average Bonchev–Trinajstić information content (AvgIpc) is 2.80. The number of hydrogen-bond donors (Lipinski definition) is 1. The van der Waals surface area contributed by atoms with Gasteiger partial charge < -0.3 is 15.0 Å². The predicted molar refractivity (Wildman–Crippen MR) is 144 cm³/mol. The third kappa shape index (κ3) is 8.55. The van der Waals surface area contributed by atoms with E-state index in [1.807, 2.05) is 64.1 Å². The Kier molecular flexibility index (Phi) is 10.8. The lowest BCUT2D eigenvalue weighted by atomic mass is 10.1. The maximum absolute atomic E-state index is 13.5. The van der Waals surface area contributed by atoms with Gasteiger partial charge in [0.25, 0.3) is 0 Å². The quantitative estimate of drug-likeness (QED) is 0.435. The lowest BCUT2D eigenvalue weighted by Crippen LogP contribution is -2.50. The number of hydrogen-bond acceptors (Lipinski definition) is 5. The molecule has 0 aliphatic rings. The van der Waals surface area contributed by atoms with Crippen LogP contribution in [-0.2, 0) is 26.2 Å². The second kappa shape index (κ2) is 13.3. The van der Waals surface area contributed by atoms with Gasteiger partial charge in [0.1, 0.15) is 11.8 Å². The molecule has 2 aromatic rings. The van der Waals surface area contributed by atoms with Gasteiger partial charge in [-0.2, -0.15) is 0 Å². The summed E-state index contributed by atoms with van der Waals surface area (Å²) in [6.45, 7) is 7.94. The fourth-order valence-corrected chi connectivity index (χ4v) is 5.01. The molecule has 0 aliphatic carbocycles. The van der Waals surface area contributed by atoms with Crippen molar-refractivity contribution >= 4 is 27.5 Å². The van der Waals surface area contributed by atoms with Crippen molar-refractivity contribution in [2.75, 3.05) is 24.2 Å². The van der Waals surface area contributed by atoms with Crippen LogP contribution in [-0.4, -0.2) is 57.1 Å². The minimum Gasteiger partial charge on any atom is -0.497 e. The first kappa shape index (κ1) is 29.2. The van der Waals surface area contributed by atoms with Crippen molar-refractivity contribution in [2.45, 2.75) is 65.6 Å². The maximum Gasteiger partial charge on any atom is 0.243 e. The lowest BCUT2D eigenvalue weighted by Gasteiger charge is -2.31. The van der Waals surface area contributed by atoms with E-state index in [4.69, 9.17) is 4.74 Å². The van der Waals surface area contributed by atoms with Crippen LogP contribution in [0.3, 0.4) is 0 Å². The van der Waals surface area contributed by atoms with E-state index < -0.39 is 16.1 Å². The molecule has 2 rings (SSSR count). The molecule has 1 unspecified atom stereocenters. The number of benzene rings is 2. The number of sulfonamides is 1. The molecule has 2 amide bonds. The molecular weight excluding hydrogens is 478 g/mol. The molecule has 2 aromatic carbocycles. The zero-order valence-electron chi connectivity index (χ0n) is 22.2.